The number of hydrogen-bond acceptors (Lipinski definition) is 3. The number of rotatable bonds is 0. The maximum Gasteiger partial charge on any atom is 0.0500 e. The third-order valence-electron chi connectivity index (χ3n) is 1.82. The summed E-state index contributed by atoms with van der Waals surface area (Å²) in [7, 11) is 0. The first-order valence-corrected chi connectivity index (χ1v) is 4.46. The molecule has 1 aliphatic heterocycles. The van der Waals surface area contributed by atoms with Crippen LogP contribution >= 0.6 is 12.1 Å². The van der Waals surface area contributed by atoms with Gasteiger partial charge in [0.1, 0.15) is 0 Å². The van der Waals surface area contributed by atoms with Gasteiger partial charge in [-0.25, -0.2) is 4.72 Å². The van der Waals surface area contributed by atoms with Gasteiger partial charge in [0.2, 0.25) is 0 Å². The standard InChI is InChI=1S/C8H10N2S/c1-6-7-4-2-3-5-8(7)10-11-9-6/h2-6,9-10H,1H3. The number of anilines is 1. The Kier molecular flexibility index (Phi) is 1.75. The highest BCUT2D eigenvalue weighted by Crippen LogP contribution is 2.29. The Bertz CT molecular complexity index is 262. The van der Waals surface area contributed by atoms with Gasteiger partial charge in [-0.05, 0) is 18.6 Å². The average molecular weight is 166 g/mol. The van der Waals surface area contributed by atoms with E-state index in [0.717, 1.165) is 0 Å². The summed E-state index contributed by atoms with van der Waals surface area (Å²) in [6, 6.07) is 8.79. The predicted molar refractivity (Wildman–Crippen MR) is 49.2 cm³/mol. The molecule has 0 radical (unpaired) electrons. The summed E-state index contributed by atoms with van der Waals surface area (Å²) in [6.45, 7) is 2.16. The molecule has 0 saturated heterocycles. The number of hydrogen-bond donors (Lipinski definition) is 2. The van der Waals surface area contributed by atoms with Gasteiger partial charge in [-0.3, -0.25) is 0 Å². The molecular formula is C8H10N2S. The molecule has 1 aliphatic rings. The number of nitrogens with one attached hydrogen (secondary N) is 2. The average Bonchev–Trinajstić information content (AvgIpc) is 2.06. The van der Waals surface area contributed by atoms with Crippen molar-refractivity contribution in [3.63, 3.8) is 0 Å². The summed E-state index contributed by atoms with van der Waals surface area (Å²) in [5, 5.41) is 0. The van der Waals surface area contributed by atoms with E-state index in [2.05, 4.69) is 34.6 Å². The van der Waals surface area contributed by atoms with E-state index in [1.807, 2.05) is 6.07 Å². The van der Waals surface area contributed by atoms with E-state index in [9.17, 15) is 0 Å². The fraction of sp³-hybridized carbons (Fsp3) is 0.250. The molecule has 0 saturated carbocycles. The van der Waals surface area contributed by atoms with Crippen LogP contribution in [-0.2, 0) is 0 Å². The van der Waals surface area contributed by atoms with E-state index >= 15 is 0 Å². The zero-order chi connectivity index (χ0) is 7.68. The SMILES string of the molecule is CC1NSNc2ccccc21. The highest BCUT2D eigenvalue weighted by Gasteiger charge is 2.13. The molecule has 0 aliphatic carbocycles. The molecule has 0 spiro atoms. The minimum Gasteiger partial charge on any atom is -0.317 e. The molecule has 1 atom stereocenters. The monoisotopic (exact) mass is 166 g/mol. The first-order chi connectivity index (χ1) is 5.38. The van der Waals surface area contributed by atoms with Crippen molar-refractivity contribution >= 4 is 17.8 Å². The second kappa shape index (κ2) is 2.75. The van der Waals surface area contributed by atoms with Crippen LogP contribution in [0.2, 0.25) is 0 Å². The van der Waals surface area contributed by atoms with Crippen LogP contribution in [0.5, 0.6) is 0 Å². The van der Waals surface area contributed by atoms with Gasteiger partial charge in [0.15, 0.2) is 0 Å². The third-order valence-corrected chi connectivity index (χ3v) is 2.62. The molecule has 0 aromatic heterocycles. The Morgan fingerprint density at radius 3 is 3.00 bits per heavy atom. The molecular weight excluding hydrogens is 156 g/mol. The predicted octanol–water partition coefficient (Wildman–Crippen LogP) is 2.33. The Labute approximate surface area is 70.6 Å². The second-order valence-electron chi connectivity index (χ2n) is 2.63. The normalized spacial score (nSPS) is 22.1. The van der Waals surface area contributed by atoms with Crippen LogP contribution in [0.4, 0.5) is 5.69 Å². The summed E-state index contributed by atoms with van der Waals surface area (Å²) in [5.74, 6) is 0. The molecule has 1 heterocycles. The van der Waals surface area contributed by atoms with Gasteiger partial charge in [-0.2, -0.15) is 0 Å². The lowest BCUT2D eigenvalue weighted by Gasteiger charge is -2.23. The van der Waals surface area contributed by atoms with Crippen LogP contribution in [0.15, 0.2) is 24.3 Å². The summed E-state index contributed by atoms with van der Waals surface area (Å²) in [4.78, 5) is 0. The third kappa shape index (κ3) is 1.21. The quantitative estimate of drug-likeness (QED) is 0.578. The zero-order valence-electron chi connectivity index (χ0n) is 6.29. The van der Waals surface area contributed by atoms with E-state index in [1.165, 1.54) is 11.3 Å². The van der Waals surface area contributed by atoms with E-state index in [0.29, 0.717) is 6.04 Å². The molecule has 11 heavy (non-hydrogen) atoms. The van der Waals surface area contributed by atoms with Crippen molar-refractivity contribution in [2.75, 3.05) is 4.72 Å². The fourth-order valence-corrected chi connectivity index (χ4v) is 1.86. The molecule has 1 aromatic carbocycles. The summed E-state index contributed by atoms with van der Waals surface area (Å²) < 4.78 is 6.44. The van der Waals surface area contributed by atoms with Crippen molar-refractivity contribution in [2.24, 2.45) is 0 Å². The van der Waals surface area contributed by atoms with Gasteiger partial charge in [-0.1, -0.05) is 18.2 Å². The van der Waals surface area contributed by atoms with Crippen molar-refractivity contribution in [2.45, 2.75) is 13.0 Å². The van der Waals surface area contributed by atoms with Crippen LogP contribution in [0, 0.1) is 0 Å². The van der Waals surface area contributed by atoms with Crippen molar-refractivity contribution < 1.29 is 0 Å². The van der Waals surface area contributed by atoms with Gasteiger partial charge in [0.05, 0.1) is 0 Å². The fourth-order valence-electron chi connectivity index (χ4n) is 1.20. The maximum absolute atomic E-state index is 3.24. The molecule has 0 amide bonds. The smallest absolute Gasteiger partial charge is 0.0500 e. The molecule has 1 aromatic rings. The summed E-state index contributed by atoms with van der Waals surface area (Å²) in [6.07, 6.45) is 0. The highest BCUT2D eigenvalue weighted by atomic mass is 32.2. The van der Waals surface area contributed by atoms with Gasteiger partial charge in [0, 0.05) is 23.9 Å². The molecule has 58 valence electrons. The first kappa shape index (κ1) is 7.00. The molecule has 0 fully saturated rings. The van der Waals surface area contributed by atoms with Gasteiger partial charge in [-0.15, -0.1) is 0 Å². The van der Waals surface area contributed by atoms with Crippen LogP contribution < -0.4 is 9.44 Å². The lowest BCUT2D eigenvalue weighted by atomic mass is 10.1. The van der Waals surface area contributed by atoms with Crippen LogP contribution in [0.1, 0.15) is 18.5 Å². The number of para-hydroxylation sites is 1. The minimum atomic E-state index is 0.442. The lowest BCUT2D eigenvalue weighted by Crippen LogP contribution is -2.19. The molecule has 3 heteroatoms. The van der Waals surface area contributed by atoms with Crippen molar-refractivity contribution in [3.05, 3.63) is 29.8 Å². The van der Waals surface area contributed by atoms with Crippen LogP contribution in [0.3, 0.4) is 0 Å². The van der Waals surface area contributed by atoms with Crippen molar-refractivity contribution in [1.82, 2.24) is 4.72 Å². The first-order valence-electron chi connectivity index (χ1n) is 3.64. The minimum absolute atomic E-state index is 0.442. The summed E-state index contributed by atoms with van der Waals surface area (Å²) >= 11 is 1.55. The van der Waals surface area contributed by atoms with E-state index in [1.54, 1.807) is 12.1 Å². The van der Waals surface area contributed by atoms with Crippen molar-refractivity contribution in [3.8, 4) is 0 Å². The van der Waals surface area contributed by atoms with Crippen molar-refractivity contribution in [1.29, 1.82) is 0 Å². The molecule has 2 rings (SSSR count). The molecule has 0 bridgehead atoms. The van der Waals surface area contributed by atoms with E-state index in [4.69, 9.17) is 0 Å². The van der Waals surface area contributed by atoms with Gasteiger partial charge in [0.25, 0.3) is 0 Å². The van der Waals surface area contributed by atoms with E-state index in [-0.39, 0.29) is 0 Å². The summed E-state index contributed by atoms with van der Waals surface area (Å²) in [5.41, 5.74) is 2.56. The lowest BCUT2D eigenvalue weighted by molar-refractivity contribution is 0.751. The Morgan fingerprint density at radius 2 is 2.18 bits per heavy atom. The molecule has 2 N–H and O–H groups in total. The van der Waals surface area contributed by atoms with E-state index < -0.39 is 0 Å². The molecule has 2 nitrogen and oxygen atoms in total. The largest absolute Gasteiger partial charge is 0.317 e. The Hall–Kier alpha value is -0.670. The number of fused-ring (bicyclic) bond motifs is 1. The topological polar surface area (TPSA) is 24.1 Å². The number of benzene rings is 1. The maximum atomic E-state index is 3.24. The second-order valence-corrected chi connectivity index (χ2v) is 3.27. The Morgan fingerprint density at radius 1 is 1.36 bits per heavy atom. The highest BCUT2D eigenvalue weighted by molar-refractivity contribution is 7.98. The van der Waals surface area contributed by atoms with Crippen LogP contribution in [0.25, 0.3) is 0 Å². The zero-order valence-corrected chi connectivity index (χ0v) is 7.11. The van der Waals surface area contributed by atoms with Gasteiger partial charge < -0.3 is 4.72 Å². The van der Waals surface area contributed by atoms with Crippen LogP contribution in [-0.4, -0.2) is 0 Å². The molecule has 1 unspecified atom stereocenters. The van der Waals surface area contributed by atoms with Gasteiger partial charge >= 0.3 is 0 Å². The Balaban J connectivity index is 2.44.